The summed E-state index contributed by atoms with van der Waals surface area (Å²) in [7, 11) is -3.32. The Morgan fingerprint density at radius 1 is 1.10 bits per heavy atom. The molecule has 1 saturated heterocycles. The number of likely N-dealkylation sites (N-methyl/N-ethyl adjacent to an activating group) is 1. The number of halogens is 1. The van der Waals surface area contributed by atoms with Crippen molar-refractivity contribution in [2.24, 2.45) is 0 Å². The number of nitrogens with one attached hydrogen (secondary N) is 1. The van der Waals surface area contributed by atoms with Crippen LogP contribution >= 0.6 is 11.6 Å². The number of aromatic nitrogens is 2. The van der Waals surface area contributed by atoms with E-state index in [9.17, 15) is 18.0 Å². The molecule has 0 atom stereocenters. The van der Waals surface area contributed by atoms with Gasteiger partial charge in [-0.05, 0) is 30.8 Å². The molecule has 2 aliphatic heterocycles. The minimum atomic E-state index is -3.32. The zero-order chi connectivity index (χ0) is 21.5. The maximum absolute atomic E-state index is 12.7. The molecule has 2 aliphatic rings. The average molecular weight is 452 g/mol. The molecule has 3 heterocycles. The molecule has 0 unspecified atom stereocenters. The standard InChI is InChI=1S/C19H22ClN5O4S/c1-2-23-7-9-24(10-8-23)19(27)18(26)21-17-15-11-30(28,29)12-16(15)22-25(17)14-5-3-13(20)4-6-14/h3-6H,2,7-12H2,1H3,(H,21,26). The van der Waals surface area contributed by atoms with Crippen LogP contribution in [0.5, 0.6) is 0 Å². The first-order chi connectivity index (χ1) is 14.3. The Bertz CT molecular complexity index is 1090. The molecule has 2 aromatic rings. The summed E-state index contributed by atoms with van der Waals surface area (Å²) in [5.74, 6) is -1.65. The van der Waals surface area contributed by atoms with Gasteiger partial charge in [-0.3, -0.25) is 9.59 Å². The summed E-state index contributed by atoms with van der Waals surface area (Å²) < 4.78 is 25.6. The molecule has 9 nitrogen and oxygen atoms in total. The van der Waals surface area contributed by atoms with Crippen LogP contribution in [0.3, 0.4) is 0 Å². The molecule has 1 fully saturated rings. The lowest BCUT2D eigenvalue weighted by molar-refractivity contribution is -0.144. The zero-order valence-corrected chi connectivity index (χ0v) is 18.0. The number of nitrogens with zero attached hydrogens (tertiary/aromatic N) is 4. The number of piperazine rings is 1. The highest BCUT2D eigenvalue weighted by Gasteiger charge is 2.34. The molecule has 1 aromatic heterocycles. The molecule has 0 bridgehead atoms. The summed E-state index contributed by atoms with van der Waals surface area (Å²) in [4.78, 5) is 29.1. The van der Waals surface area contributed by atoms with Crippen molar-refractivity contribution in [3.05, 3.63) is 40.5 Å². The maximum Gasteiger partial charge on any atom is 0.315 e. The smallest absolute Gasteiger partial charge is 0.315 e. The number of rotatable bonds is 3. The van der Waals surface area contributed by atoms with Crippen LogP contribution < -0.4 is 5.32 Å². The molecule has 0 saturated carbocycles. The highest BCUT2D eigenvalue weighted by Crippen LogP contribution is 2.33. The third-order valence-corrected chi connectivity index (χ3v) is 7.09. The number of amides is 2. The highest BCUT2D eigenvalue weighted by molar-refractivity contribution is 7.90. The van der Waals surface area contributed by atoms with E-state index in [1.165, 1.54) is 9.58 Å². The van der Waals surface area contributed by atoms with Crippen LogP contribution in [0.4, 0.5) is 5.82 Å². The molecule has 0 radical (unpaired) electrons. The first kappa shape index (κ1) is 20.8. The van der Waals surface area contributed by atoms with Gasteiger partial charge in [0.1, 0.15) is 5.82 Å². The number of sulfone groups is 1. The minimum Gasteiger partial charge on any atom is -0.332 e. The number of carbonyl (C=O) groups is 2. The molecule has 2 amide bonds. The first-order valence-electron chi connectivity index (χ1n) is 9.67. The van der Waals surface area contributed by atoms with Gasteiger partial charge in [-0.25, -0.2) is 13.1 Å². The number of carbonyl (C=O) groups excluding carboxylic acids is 2. The fourth-order valence-electron chi connectivity index (χ4n) is 3.71. The van der Waals surface area contributed by atoms with Crippen LogP contribution in [-0.2, 0) is 30.9 Å². The van der Waals surface area contributed by atoms with Gasteiger partial charge in [0.05, 0.1) is 22.9 Å². The third-order valence-electron chi connectivity index (χ3n) is 5.39. The van der Waals surface area contributed by atoms with Gasteiger partial charge in [0.2, 0.25) is 0 Å². The molecule has 0 spiro atoms. The Hall–Kier alpha value is -2.43. The number of hydrogen-bond donors (Lipinski definition) is 1. The molecule has 1 aromatic carbocycles. The lowest BCUT2D eigenvalue weighted by Gasteiger charge is -2.33. The predicted octanol–water partition coefficient (Wildman–Crippen LogP) is 1.06. The predicted molar refractivity (Wildman–Crippen MR) is 112 cm³/mol. The van der Waals surface area contributed by atoms with Crippen molar-refractivity contribution in [2.75, 3.05) is 38.0 Å². The number of hydrogen-bond acceptors (Lipinski definition) is 6. The maximum atomic E-state index is 12.7. The summed E-state index contributed by atoms with van der Waals surface area (Å²) in [6, 6.07) is 6.76. The molecule has 30 heavy (non-hydrogen) atoms. The fourth-order valence-corrected chi connectivity index (χ4v) is 5.33. The van der Waals surface area contributed by atoms with E-state index in [-0.39, 0.29) is 17.3 Å². The van der Waals surface area contributed by atoms with E-state index in [2.05, 4.69) is 22.2 Å². The van der Waals surface area contributed by atoms with Crippen molar-refractivity contribution < 1.29 is 18.0 Å². The van der Waals surface area contributed by atoms with Gasteiger partial charge in [0.15, 0.2) is 9.84 Å². The third kappa shape index (κ3) is 4.07. The highest BCUT2D eigenvalue weighted by atomic mass is 35.5. The van der Waals surface area contributed by atoms with Crippen molar-refractivity contribution >= 4 is 39.1 Å². The van der Waals surface area contributed by atoms with E-state index < -0.39 is 21.7 Å². The van der Waals surface area contributed by atoms with Gasteiger partial charge in [0, 0.05) is 36.8 Å². The Kier molecular flexibility index (Phi) is 5.56. The Morgan fingerprint density at radius 2 is 1.77 bits per heavy atom. The van der Waals surface area contributed by atoms with Gasteiger partial charge in [-0.15, -0.1) is 0 Å². The van der Waals surface area contributed by atoms with Gasteiger partial charge in [-0.1, -0.05) is 18.5 Å². The summed E-state index contributed by atoms with van der Waals surface area (Å²) in [6.45, 7) is 5.33. The monoisotopic (exact) mass is 451 g/mol. The topological polar surface area (TPSA) is 105 Å². The van der Waals surface area contributed by atoms with E-state index in [1.54, 1.807) is 24.3 Å². The number of benzene rings is 1. The Morgan fingerprint density at radius 3 is 2.40 bits per heavy atom. The van der Waals surface area contributed by atoms with Gasteiger partial charge < -0.3 is 15.1 Å². The second-order valence-electron chi connectivity index (χ2n) is 7.37. The lowest BCUT2D eigenvalue weighted by Crippen LogP contribution is -2.51. The van der Waals surface area contributed by atoms with Gasteiger partial charge in [-0.2, -0.15) is 5.10 Å². The van der Waals surface area contributed by atoms with E-state index in [1.807, 2.05) is 0 Å². The fraction of sp³-hybridized carbons (Fsp3) is 0.421. The van der Waals surface area contributed by atoms with Crippen LogP contribution in [0.2, 0.25) is 5.02 Å². The molecule has 4 rings (SSSR count). The van der Waals surface area contributed by atoms with Crippen LogP contribution in [0.15, 0.2) is 24.3 Å². The van der Waals surface area contributed by atoms with Gasteiger partial charge >= 0.3 is 11.8 Å². The summed E-state index contributed by atoms with van der Waals surface area (Å²) in [6.07, 6.45) is 0. The number of anilines is 1. The second kappa shape index (κ2) is 8.01. The van der Waals surface area contributed by atoms with E-state index in [0.717, 1.165) is 6.54 Å². The zero-order valence-electron chi connectivity index (χ0n) is 16.5. The van der Waals surface area contributed by atoms with Crippen LogP contribution in [0, 0.1) is 0 Å². The molecule has 1 N–H and O–H groups in total. The average Bonchev–Trinajstić information content (AvgIpc) is 3.20. The van der Waals surface area contributed by atoms with E-state index in [4.69, 9.17) is 11.6 Å². The largest absolute Gasteiger partial charge is 0.332 e. The summed E-state index contributed by atoms with van der Waals surface area (Å²) in [5, 5.41) is 7.54. The van der Waals surface area contributed by atoms with Crippen molar-refractivity contribution in [3.8, 4) is 5.69 Å². The van der Waals surface area contributed by atoms with Crippen molar-refractivity contribution in [1.82, 2.24) is 19.6 Å². The van der Waals surface area contributed by atoms with E-state index >= 15 is 0 Å². The minimum absolute atomic E-state index is 0.196. The summed E-state index contributed by atoms with van der Waals surface area (Å²) in [5.41, 5.74) is 1.40. The van der Waals surface area contributed by atoms with Crippen LogP contribution in [0.25, 0.3) is 5.69 Å². The molecule has 0 aliphatic carbocycles. The number of fused-ring (bicyclic) bond motifs is 1. The van der Waals surface area contributed by atoms with Crippen molar-refractivity contribution in [3.63, 3.8) is 0 Å². The quantitative estimate of drug-likeness (QED) is 0.699. The second-order valence-corrected chi connectivity index (χ2v) is 9.88. The first-order valence-corrected chi connectivity index (χ1v) is 11.9. The van der Waals surface area contributed by atoms with Gasteiger partial charge in [0.25, 0.3) is 0 Å². The lowest BCUT2D eigenvalue weighted by atomic mass is 10.2. The van der Waals surface area contributed by atoms with Crippen molar-refractivity contribution in [1.29, 1.82) is 0 Å². The Balaban J connectivity index is 1.60. The SMILES string of the molecule is CCN1CCN(C(=O)C(=O)Nc2c3c(nn2-c2ccc(Cl)cc2)CS(=O)(=O)C3)CC1. The van der Waals surface area contributed by atoms with E-state index in [0.29, 0.717) is 48.1 Å². The Labute approximate surface area is 179 Å². The van der Waals surface area contributed by atoms with Crippen molar-refractivity contribution in [2.45, 2.75) is 18.4 Å². The molecular weight excluding hydrogens is 430 g/mol. The molecule has 11 heteroatoms. The normalized spacial score (nSPS) is 18.3. The molecule has 160 valence electrons. The molecular formula is C19H22ClN5O4S. The van der Waals surface area contributed by atoms with Crippen LogP contribution in [0.1, 0.15) is 18.2 Å². The van der Waals surface area contributed by atoms with Crippen LogP contribution in [-0.4, -0.2) is 72.5 Å². The summed E-state index contributed by atoms with van der Waals surface area (Å²) >= 11 is 5.95.